The van der Waals surface area contributed by atoms with Gasteiger partial charge in [-0.15, -0.1) is 23.5 Å². The number of nitrogens with zero attached hydrogens (tertiary/aromatic N) is 1. The number of ether oxygens (including phenoxy) is 2. The topological polar surface area (TPSA) is 50.8 Å². The van der Waals surface area contributed by atoms with Crippen molar-refractivity contribution in [2.75, 3.05) is 51.0 Å². The van der Waals surface area contributed by atoms with Gasteiger partial charge in [0.2, 0.25) is 0 Å². The molecule has 0 spiro atoms. The molecule has 5 nitrogen and oxygen atoms in total. The maximum Gasteiger partial charge on any atom is 0.257 e. The Kier molecular flexibility index (Phi) is 10.2. The highest BCUT2D eigenvalue weighted by molar-refractivity contribution is 8.16. The first-order valence-corrected chi connectivity index (χ1v) is 13.4. The zero-order chi connectivity index (χ0) is 21.2. The van der Waals surface area contributed by atoms with E-state index in [9.17, 15) is 4.79 Å². The van der Waals surface area contributed by atoms with Gasteiger partial charge in [0, 0.05) is 25.7 Å². The molecule has 30 heavy (non-hydrogen) atoms. The standard InChI is InChI=1S/C23H36N2O3S2/c1-3-18(4-2)21(25-10-12-27-13-11-25)16-24-22(26)17-28-20-8-6-19(7-9-20)23-29-14-5-15-30-23/h6-9,18,21,23H,3-5,10-17H2,1-2H3,(H,24,26). The van der Waals surface area contributed by atoms with Crippen molar-refractivity contribution in [1.29, 1.82) is 0 Å². The molecule has 2 heterocycles. The molecule has 0 radical (unpaired) electrons. The summed E-state index contributed by atoms with van der Waals surface area (Å²) in [5, 5.41) is 3.11. The number of rotatable bonds is 10. The van der Waals surface area contributed by atoms with Crippen LogP contribution in [0, 0.1) is 5.92 Å². The molecule has 2 aliphatic rings. The number of carbonyl (C=O) groups excluding carboxylic acids is 1. The van der Waals surface area contributed by atoms with Gasteiger partial charge >= 0.3 is 0 Å². The Labute approximate surface area is 190 Å². The Balaban J connectivity index is 1.45. The molecule has 0 aliphatic carbocycles. The molecule has 168 valence electrons. The van der Waals surface area contributed by atoms with Crippen LogP contribution >= 0.6 is 23.5 Å². The third kappa shape index (κ3) is 7.08. The van der Waals surface area contributed by atoms with Crippen LogP contribution in [-0.4, -0.2) is 67.8 Å². The summed E-state index contributed by atoms with van der Waals surface area (Å²) in [6, 6.07) is 8.59. The van der Waals surface area contributed by atoms with Crippen LogP contribution in [0.15, 0.2) is 24.3 Å². The second-order valence-corrected chi connectivity index (χ2v) is 10.6. The molecule has 1 atom stereocenters. The lowest BCUT2D eigenvalue weighted by Crippen LogP contribution is -2.52. The molecule has 2 fully saturated rings. The second kappa shape index (κ2) is 12.8. The number of morpholine rings is 1. The van der Waals surface area contributed by atoms with Crippen LogP contribution in [0.4, 0.5) is 0 Å². The lowest BCUT2D eigenvalue weighted by molar-refractivity contribution is -0.123. The number of hydrogen-bond acceptors (Lipinski definition) is 6. The normalized spacial score (nSPS) is 19.6. The highest BCUT2D eigenvalue weighted by Crippen LogP contribution is 2.43. The summed E-state index contributed by atoms with van der Waals surface area (Å²) in [4.78, 5) is 14.9. The van der Waals surface area contributed by atoms with Crippen LogP contribution in [0.5, 0.6) is 5.75 Å². The maximum atomic E-state index is 12.4. The number of hydrogen-bond donors (Lipinski definition) is 1. The zero-order valence-corrected chi connectivity index (χ0v) is 19.9. The second-order valence-electron chi connectivity index (χ2n) is 7.88. The number of amides is 1. The highest BCUT2D eigenvalue weighted by Gasteiger charge is 2.27. The first kappa shape index (κ1) is 23.8. The zero-order valence-electron chi connectivity index (χ0n) is 18.3. The molecule has 2 saturated heterocycles. The van der Waals surface area contributed by atoms with E-state index in [-0.39, 0.29) is 12.5 Å². The van der Waals surface area contributed by atoms with Crippen LogP contribution in [-0.2, 0) is 9.53 Å². The summed E-state index contributed by atoms with van der Waals surface area (Å²) in [5.41, 5.74) is 1.33. The third-order valence-electron chi connectivity index (χ3n) is 5.97. The fourth-order valence-electron chi connectivity index (χ4n) is 4.16. The van der Waals surface area contributed by atoms with Crippen molar-refractivity contribution in [2.24, 2.45) is 5.92 Å². The smallest absolute Gasteiger partial charge is 0.257 e. The van der Waals surface area contributed by atoms with Crippen LogP contribution in [0.3, 0.4) is 0 Å². The Bertz CT molecular complexity index is 628. The number of thioether (sulfide) groups is 2. The molecule has 0 bridgehead atoms. The summed E-state index contributed by atoms with van der Waals surface area (Å²) in [7, 11) is 0. The Morgan fingerprint density at radius 1 is 1.17 bits per heavy atom. The molecular formula is C23H36N2O3S2. The van der Waals surface area contributed by atoms with Crippen LogP contribution < -0.4 is 10.1 Å². The largest absolute Gasteiger partial charge is 0.484 e. The van der Waals surface area contributed by atoms with Crippen molar-refractivity contribution in [3.05, 3.63) is 29.8 Å². The minimum Gasteiger partial charge on any atom is -0.484 e. The fourth-order valence-corrected chi connectivity index (χ4v) is 7.05. The Morgan fingerprint density at radius 3 is 2.47 bits per heavy atom. The summed E-state index contributed by atoms with van der Waals surface area (Å²) >= 11 is 4.03. The summed E-state index contributed by atoms with van der Waals surface area (Å²) in [6.07, 6.45) is 3.54. The van der Waals surface area contributed by atoms with Crippen LogP contribution in [0.1, 0.15) is 43.3 Å². The fraction of sp³-hybridized carbons (Fsp3) is 0.696. The van der Waals surface area contributed by atoms with E-state index in [1.165, 1.54) is 23.5 Å². The van der Waals surface area contributed by atoms with Gasteiger partial charge in [0.15, 0.2) is 6.61 Å². The molecule has 2 aliphatic heterocycles. The first-order chi connectivity index (χ1) is 14.7. The van der Waals surface area contributed by atoms with E-state index in [2.05, 4.69) is 36.2 Å². The van der Waals surface area contributed by atoms with E-state index in [4.69, 9.17) is 9.47 Å². The van der Waals surface area contributed by atoms with E-state index in [1.807, 2.05) is 35.7 Å². The Morgan fingerprint density at radius 2 is 1.83 bits per heavy atom. The van der Waals surface area contributed by atoms with E-state index < -0.39 is 0 Å². The third-order valence-corrected chi connectivity index (χ3v) is 8.98. The molecule has 1 unspecified atom stereocenters. The van der Waals surface area contributed by atoms with Crippen molar-refractivity contribution in [2.45, 2.75) is 43.7 Å². The average Bonchev–Trinajstić information content (AvgIpc) is 2.82. The summed E-state index contributed by atoms with van der Waals surface area (Å²) < 4.78 is 11.8. The van der Waals surface area contributed by atoms with Gasteiger partial charge in [0.25, 0.3) is 5.91 Å². The van der Waals surface area contributed by atoms with E-state index in [0.717, 1.165) is 44.9 Å². The van der Waals surface area contributed by atoms with Gasteiger partial charge in [-0.3, -0.25) is 9.69 Å². The van der Waals surface area contributed by atoms with Crippen molar-refractivity contribution >= 4 is 29.4 Å². The molecule has 1 aromatic carbocycles. The molecule has 0 aromatic heterocycles. The quantitative estimate of drug-likeness (QED) is 0.575. The molecule has 1 aromatic rings. The lowest BCUT2D eigenvalue weighted by Gasteiger charge is -2.38. The molecule has 7 heteroatoms. The minimum absolute atomic E-state index is 0.0540. The van der Waals surface area contributed by atoms with E-state index in [0.29, 0.717) is 23.1 Å². The summed E-state index contributed by atoms with van der Waals surface area (Å²) in [6.45, 7) is 8.65. The summed E-state index contributed by atoms with van der Waals surface area (Å²) in [5.74, 6) is 3.75. The van der Waals surface area contributed by atoms with Gasteiger partial charge in [-0.1, -0.05) is 38.8 Å². The SMILES string of the molecule is CCC(CC)C(CNC(=O)COc1ccc(C2SCCCS2)cc1)N1CCOCC1. The van der Waals surface area contributed by atoms with Crippen LogP contribution in [0.25, 0.3) is 0 Å². The molecule has 1 N–H and O–H groups in total. The molecule has 3 rings (SSSR count). The van der Waals surface area contributed by atoms with Crippen molar-refractivity contribution in [3.8, 4) is 5.75 Å². The molecule has 0 saturated carbocycles. The maximum absolute atomic E-state index is 12.4. The Hall–Kier alpha value is -0.890. The number of carbonyl (C=O) groups is 1. The number of nitrogens with one attached hydrogen (secondary N) is 1. The first-order valence-electron chi connectivity index (χ1n) is 11.3. The van der Waals surface area contributed by atoms with Gasteiger partial charge in [-0.2, -0.15) is 0 Å². The lowest BCUT2D eigenvalue weighted by atomic mass is 9.92. The monoisotopic (exact) mass is 452 g/mol. The predicted octanol–water partition coefficient (Wildman–Crippen LogP) is 4.19. The van der Waals surface area contributed by atoms with Crippen molar-refractivity contribution in [1.82, 2.24) is 10.2 Å². The van der Waals surface area contributed by atoms with Crippen molar-refractivity contribution in [3.63, 3.8) is 0 Å². The highest BCUT2D eigenvalue weighted by atomic mass is 32.2. The van der Waals surface area contributed by atoms with Crippen LogP contribution in [0.2, 0.25) is 0 Å². The number of benzene rings is 1. The molecular weight excluding hydrogens is 416 g/mol. The van der Waals surface area contributed by atoms with Crippen molar-refractivity contribution < 1.29 is 14.3 Å². The van der Waals surface area contributed by atoms with Gasteiger partial charge < -0.3 is 14.8 Å². The van der Waals surface area contributed by atoms with Gasteiger partial charge in [-0.25, -0.2) is 0 Å². The van der Waals surface area contributed by atoms with Gasteiger partial charge in [-0.05, 0) is 41.5 Å². The predicted molar refractivity (Wildman–Crippen MR) is 127 cm³/mol. The van der Waals surface area contributed by atoms with E-state index >= 15 is 0 Å². The average molecular weight is 453 g/mol. The minimum atomic E-state index is -0.0540. The van der Waals surface area contributed by atoms with Gasteiger partial charge in [0.1, 0.15) is 5.75 Å². The molecule has 1 amide bonds. The van der Waals surface area contributed by atoms with Gasteiger partial charge in [0.05, 0.1) is 17.8 Å². The van der Waals surface area contributed by atoms with E-state index in [1.54, 1.807) is 0 Å².